The van der Waals surface area contributed by atoms with Crippen LogP contribution in [-0.4, -0.2) is 22.8 Å². The van der Waals surface area contributed by atoms with E-state index in [9.17, 15) is 14.9 Å². The van der Waals surface area contributed by atoms with Gasteiger partial charge < -0.3 is 4.42 Å². The molecule has 0 aliphatic carbocycles. The van der Waals surface area contributed by atoms with E-state index in [0.29, 0.717) is 27.1 Å². The van der Waals surface area contributed by atoms with Gasteiger partial charge in [-0.25, -0.2) is 0 Å². The van der Waals surface area contributed by atoms with Crippen molar-refractivity contribution < 1.29 is 14.0 Å². The van der Waals surface area contributed by atoms with Crippen LogP contribution in [0.1, 0.15) is 26.5 Å². The summed E-state index contributed by atoms with van der Waals surface area (Å²) in [5, 5.41) is 10.2. The minimum atomic E-state index is -0.576. The maximum atomic E-state index is 12.8. The number of amides is 2. The van der Waals surface area contributed by atoms with Gasteiger partial charge in [-0.05, 0) is 62.8 Å². The lowest BCUT2D eigenvalue weighted by Gasteiger charge is -2.30. The molecule has 0 N–H and O–H groups in total. The maximum absolute atomic E-state index is 12.8. The van der Waals surface area contributed by atoms with E-state index in [1.165, 1.54) is 6.08 Å². The predicted octanol–water partition coefficient (Wildman–Crippen LogP) is 5.25. The van der Waals surface area contributed by atoms with Gasteiger partial charge in [-0.3, -0.25) is 14.5 Å². The first-order valence-electron chi connectivity index (χ1n) is 8.50. The SMILES string of the molecule is CC1=C(C#N)C(=O)N(C(C)C)C(=O)/C1=C/c1ccc(-c2ccc(Cl)c(Cl)c2)o1. The summed E-state index contributed by atoms with van der Waals surface area (Å²) in [4.78, 5) is 26.3. The third kappa shape index (κ3) is 3.49. The molecular weight excluding hydrogens is 399 g/mol. The molecular formula is C21H16Cl2N2O3. The van der Waals surface area contributed by atoms with Crippen molar-refractivity contribution >= 4 is 41.1 Å². The zero-order chi connectivity index (χ0) is 20.6. The Hall–Kier alpha value is -2.81. The number of carbonyl (C=O) groups is 2. The highest BCUT2D eigenvalue weighted by Gasteiger charge is 2.37. The lowest BCUT2D eigenvalue weighted by atomic mass is 9.94. The Morgan fingerprint density at radius 3 is 2.43 bits per heavy atom. The fourth-order valence-corrected chi connectivity index (χ4v) is 3.24. The summed E-state index contributed by atoms with van der Waals surface area (Å²) in [5.74, 6) is -0.0659. The molecule has 0 saturated heterocycles. The molecule has 2 aromatic rings. The summed E-state index contributed by atoms with van der Waals surface area (Å²) in [6.07, 6.45) is 1.54. The second-order valence-corrected chi connectivity index (χ2v) is 7.39. The van der Waals surface area contributed by atoms with Gasteiger partial charge in [0.25, 0.3) is 11.8 Å². The fourth-order valence-electron chi connectivity index (χ4n) is 2.95. The molecule has 0 spiro atoms. The third-order valence-corrected chi connectivity index (χ3v) is 5.15. The van der Waals surface area contributed by atoms with Crippen molar-refractivity contribution in [2.75, 3.05) is 0 Å². The molecule has 1 aromatic heterocycles. The Morgan fingerprint density at radius 2 is 1.82 bits per heavy atom. The molecule has 1 aliphatic heterocycles. The van der Waals surface area contributed by atoms with Gasteiger partial charge in [0.05, 0.1) is 10.0 Å². The first-order chi connectivity index (χ1) is 13.2. The average Bonchev–Trinajstić information content (AvgIpc) is 3.10. The van der Waals surface area contributed by atoms with E-state index in [1.54, 1.807) is 51.1 Å². The van der Waals surface area contributed by atoms with E-state index < -0.39 is 11.8 Å². The predicted molar refractivity (Wildman–Crippen MR) is 107 cm³/mol. The smallest absolute Gasteiger partial charge is 0.271 e. The van der Waals surface area contributed by atoms with Gasteiger partial charge in [-0.2, -0.15) is 5.26 Å². The van der Waals surface area contributed by atoms with Crippen LogP contribution in [0.4, 0.5) is 0 Å². The molecule has 7 heteroatoms. The van der Waals surface area contributed by atoms with E-state index in [1.807, 2.05) is 6.07 Å². The molecule has 1 aliphatic rings. The van der Waals surface area contributed by atoms with Crippen LogP contribution in [-0.2, 0) is 9.59 Å². The highest BCUT2D eigenvalue weighted by atomic mass is 35.5. The Bertz CT molecular complexity index is 1090. The summed E-state index contributed by atoms with van der Waals surface area (Å²) in [6, 6.07) is 10.1. The first-order valence-corrected chi connectivity index (χ1v) is 9.26. The molecule has 2 heterocycles. The number of nitriles is 1. The van der Waals surface area contributed by atoms with Crippen molar-refractivity contribution in [2.24, 2.45) is 0 Å². The van der Waals surface area contributed by atoms with Crippen LogP contribution in [0.25, 0.3) is 17.4 Å². The molecule has 3 rings (SSSR count). The van der Waals surface area contributed by atoms with E-state index in [4.69, 9.17) is 27.6 Å². The quantitative estimate of drug-likeness (QED) is 0.507. The number of furan rings is 1. The van der Waals surface area contributed by atoms with Crippen LogP contribution in [0.15, 0.2) is 51.5 Å². The summed E-state index contributed by atoms with van der Waals surface area (Å²) in [6.45, 7) is 5.03. The molecule has 28 heavy (non-hydrogen) atoms. The highest BCUT2D eigenvalue weighted by Crippen LogP contribution is 2.32. The van der Waals surface area contributed by atoms with Crippen molar-refractivity contribution in [3.05, 3.63) is 62.9 Å². The number of benzene rings is 1. The van der Waals surface area contributed by atoms with E-state index in [0.717, 1.165) is 10.5 Å². The van der Waals surface area contributed by atoms with Crippen LogP contribution in [0.3, 0.4) is 0 Å². The van der Waals surface area contributed by atoms with Gasteiger partial charge in [0.15, 0.2) is 0 Å². The van der Waals surface area contributed by atoms with Gasteiger partial charge in [-0.15, -0.1) is 0 Å². The zero-order valence-corrected chi connectivity index (χ0v) is 16.9. The lowest BCUT2D eigenvalue weighted by Crippen LogP contribution is -2.46. The topological polar surface area (TPSA) is 74.3 Å². The molecule has 1 aromatic carbocycles. The van der Waals surface area contributed by atoms with E-state index in [-0.39, 0.29) is 17.2 Å². The number of hydrogen-bond donors (Lipinski definition) is 0. The monoisotopic (exact) mass is 414 g/mol. The lowest BCUT2D eigenvalue weighted by molar-refractivity contribution is -0.142. The number of rotatable bonds is 3. The number of carbonyl (C=O) groups excluding carboxylic acids is 2. The van der Waals surface area contributed by atoms with Gasteiger partial charge in [0, 0.05) is 17.2 Å². The van der Waals surface area contributed by atoms with Crippen LogP contribution in [0.2, 0.25) is 10.0 Å². The maximum Gasteiger partial charge on any atom is 0.271 e. The molecule has 0 unspecified atom stereocenters. The van der Waals surface area contributed by atoms with Crippen molar-refractivity contribution in [1.29, 1.82) is 5.26 Å². The first kappa shape index (κ1) is 19.9. The molecule has 2 amide bonds. The van der Waals surface area contributed by atoms with Crippen LogP contribution >= 0.6 is 23.2 Å². The van der Waals surface area contributed by atoms with Crippen LogP contribution in [0.5, 0.6) is 0 Å². The second-order valence-electron chi connectivity index (χ2n) is 6.57. The number of hydrogen-bond acceptors (Lipinski definition) is 4. The molecule has 0 saturated carbocycles. The number of halogens is 2. The normalized spacial score (nSPS) is 16.3. The van der Waals surface area contributed by atoms with Crippen LogP contribution < -0.4 is 0 Å². The highest BCUT2D eigenvalue weighted by molar-refractivity contribution is 6.42. The largest absolute Gasteiger partial charge is 0.457 e. The van der Waals surface area contributed by atoms with E-state index >= 15 is 0 Å². The Balaban J connectivity index is 2.05. The van der Waals surface area contributed by atoms with Gasteiger partial charge in [0.2, 0.25) is 0 Å². The molecule has 0 radical (unpaired) electrons. The van der Waals surface area contributed by atoms with Crippen LogP contribution in [0, 0.1) is 11.3 Å². The Morgan fingerprint density at radius 1 is 1.11 bits per heavy atom. The van der Waals surface area contributed by atoms with Gasteiger partial charge >= 0.3 is 0 Å². The molecule has 0 bridgehead atoms. The molecule has 0 atom stereocenters. The van der Waals surface area contributed by atoms with Gasteiger partial charge in [0.1, 0.15) is 23.2 Å². The van der Waals surface area contributed by atoms with Crippen molar-refractivity contribution in [2.45, 2.75) is 26.8 Å². The summed E-state index contributed by atoms with van der Waals surface area (Å²) in [7, 11) is 0. The summed E-state index contributed by atoms with van der Waals surface area (Å²) in [5.41, 5.74) is 1.27. The van der Waals surface area contributed by atoms with E-state index in [2.05, 4.69) is 0 Å². The minimum Gasteiger partial charge on any atom is -0.457 e. The number of nitrogens with zero attached hydrogens (tertiary/aromatic N) is 2. The Labute approximate surface area is 172 Å². The third-order valence-electron chi connectivity index (χ3n) is 4.41. The van der Waals surface area contributed by atoms with Crippen molar-refractivity contribution in [1.82, 2.24) is 4.90 Å². The Kier molecular flexibility index (Phi) is 5.46. The van der Waals surface area contributed by atoms with Crippen molar-refractivity contribution in [3.8, 4) is 17.4 Å². The molecule has 5 nitrogen and oxygen atoms in total. The summed E-state index contributed by atoms with van der Waals surface area (Å²) < 4.78 is 5.82. The standard InChI is InChI=1S/C21H16Cl2N2O3/c1-11(2)25-20(26)15(12(3)16(10-24)21(25)27)9-14-5-7-19(28-14)13-4-6-17(22)18(23)8-13/h4-9,11H,1-3H3/b15-9+. The fraction of sp³-hybridized carbons (Fsp3) is 0.190. The summed E-state index contributed by atoms with van der Waals surface area (Å²) >= 11 is 12.0. The molecule has 142 valence electrons. The van der Waals surface area contributed by atoms with Gasteiger partial charge in [-0.1, -0.05) is 23.2 Å². The zero-order valence-electron chi connectivity index (χ0n) is 15.4. The average molecular weight is 415 g/mol. The number of imide groups is 1. The second kappa shape index (κ2) is 7.67. The molecule has 0 fully saturated rings. The van der Waals surface area contributed by atoms with Crippen molar-refractivity contribution in [3.63, 3.8) is 0 Å². The minimum absolute atomic E-state index is 0.0455.